The number of ether oxygens (including phenoxy) is 1. The smallest absolute Gasteiger partial charge is 0.394 e. The molecular weight excluding hydrogens is 611 g/mol. The quantitative estimate of drug-likeness (QED) is 0.392. The maximum absolute atomic E-state index is 14.5. The number of hydrogen-bond donors (Lipinski definition) is 1. The van der Waals surface area contributed by atoms with Gasteiger partial charge in [-0.15, -0.1) is 11.6 Å². The van der Waals surface area contributed by atoms with E-state index < -0.39 is 46.6 Å². The molecule has 0 bridgehead atoms. The number of alkyl halides is 4. The Labute approximate surface area is 266 Å². The van der Waals surface area contributed by atoms with Crippen LogP contribution < -0.4 is 0 Å². The molecule has 8 nitrogen and oxygen atoms in total. The average molecular weight is 654 g/mol. The van der Waals surface area contributed by atoms with Crippen LogP contribution >= 0.6 is 11.6 Å². The van der Waals surface area contributed by atoms with E-state index in [1.165, 1.54) is 4.68 Å². The fourth-order valence-electron chi connectivity index (χ4n) is 9.67. The summed E-state index contributed by atoms with van der Waals surface area (Å²) >= 11 is 6.76. The minimum atomic E-state index is -4.41. The number of likely N-dealkylation sites (tertiary alicyclic amines) is 1. The van der Waals surface area contributed by atoms with Crippen LogP contribution in [0.1, 0.15) is 105 Å². The van der Waals surface area contributed by atoms with Gasteiger partial charge in [0.15, 0.2) is 0 Å². The predicted octanol–water partition coefficient (Wildman–Crippen LogP) is 5.99. The number of amides is 1. The molecular formula is C33H43ClF3N3O5. The molecule has 0 aromatic carbocycles. The topological polar surface area (TPSA) is 102 Å². The van der Waals surface area contributed by atoms with Crippen LogP contribution in [0.5, 0.6) is 0 Å². The van der Waals surface area contributed by atoms with Gasteiger partial charge in [-0.3, -0.25) is 14.4 Å². The van der Waals surface area contributed by atoms with E-state index in [-0.39, 0.29) is 42.1 Å². The Morgan fingerprint density at radius 1 is 1.02 bits per heavy atom. The molecule has 12 heteroatoms. The second-order valence-electron chi connectivity index (χ2n) is 15.0. The highest BCUT2D eigenvalue weighted by Gasteiger charge is 2.69. The second-order valence-corrected chi connectivity index (χ2v) is 15.6. The molecule has 1 N–H and O–H groups in total. The molecule has 45 heavy (non-hydrogen) atoms. The van der Waals surface area contributed by atoms with Gasteiger partial charge in [-0.2, -0.15) is 18.3 Å². The molecule has 7 unspecified atom stereocenters. The minimum Gasteiger partial charge on any atom is -0.481 e. The van der Waals surface area contributed by atoms with Gasteiger partial charge in [0.25, 0.3) is 5.91 Å². The van der Waals surface area contributed by atoms with Crippen LogP contribution in [0.25, 0.3) is 0 Å². The highest BCUT2D eigenvalue weighted by Crippen LogP contribution is 2.66. The first-order valence-corrected chi connectivity index (χ1v) is 17.3. The number of fused-ring (bicyclic) bond motifs is 1. The lowest BCUT2D eigenvalue weighted by molar-refractivity contribution is -0.209. The van der Waals surface area contributed by atoms with Crippen LogP contribution in [0.15, 0.2) is 0 Å². The Morgan fingerprint density at radius 2 is 1.78 bits per heavy atom. The van der Waals surface area contributed by atoms with Gasteiger partial charge in [0.2, 0.25) is 5.91 Å². The van der Waals surface area contributed by atoms with Crippen LogP contribution in [0.3, 0.4) is 0 Å². The van der Waals surface area contributed by atoms with Crippen LogP contribution in [-0.2, 0) is 27.2 Å². The van der Waals surface area contributed by atoms with Gasteiger partial charge in [0.1, 0.15) is 5.60 Å². The molecule has 6 aliphatic rings. The summed E-state index contributed by atoms with van der Waals surface area (Å²) in [4.78, 5) is 41.8. The van der Waals surface area contributed by atoms with E-state index in [0.717, 1.165) is 24.1 Å². The number of carbonyl (C=O) groups is 3. The van der Waals surface area contributed by atoms with Crippen LogP contribution in [0.2, 0.25) is 0 Å². The van der Waals surface area contributed by atoms with E-state index in [1.54, 1.807) is 0 Å². The number of aromatic nitrogens is 2. The highest BCUT2D eigenvalue weighted by molar-refractivity contribution is 6.22. The fourth-order valence-corrected chi connectivity index (χ4v) is 10.1. The van der Waals surface area contributed by atoms with Gasteiger partial charge in [-0.05, 0) is 88.0 Å². The van der Waals surface area contributed by atoms with Gasteiger partial charge >= 0.3 is 12.1 Å². The van der Waals surface area contributed by atoms with Crippen molar-refractivity contribution >= 4 is 29.4 Å². The fraction of sp³-hybridized carbons (Fsp3) is 0.818. The van der Waals surface area contributed by atoms with E-state index in [0.29, 0.717) is 83.2 Å². The van der Waals surface area contributed by atoms with Crippen molar-refractivity contribution in [2.24, 2.45) is 35.0 Å². The van der Waals surface area contributed by atoms with Crippen molar-refractivity contribution in [2.75, 3.05) is 19.7 Å². The van der Waals surface area contributed by atoms with Crippen LogP contribution in [0.4, 0.5) is 13.2 Å². The molecule has 1 amide bonds. The summed E-state index contributed by atoms with van der Waals surface area (Å²) in [6.45, 7) is 3.78. The number of halogens is 4. The first-order chi connectivity index (χ1) is 21.3. The van der Waals surface area contributed by atoms with Gasteiger partial charge < -0.3 is 14.7 Å². The first kappa shape index (κ1) is 31.5. The molecule has 2 saturated heterocycles. The van der Waals surface area contributed by atoms with Crippen molar-refractivity contribution in [3.05, 3.63) is 17.0 Å². The van der Waals surface area contributed by atoms with Crippen LogP contribution in [0, 0.1) is 35.0 Å². The maximum atomic E-state index is 14.5. The Bertz CT molecular complexity index is 1360. The molecule has 0 radical (unpaired) electrons. The first-order valence-electron chi connectivity index (χ1n) is 16.9. The van der Waals surface area contributed by atoms with E-state index >= 15 is 0 Å². The summed E-state index contributed by atoms with van der Waals surface area (Å²) in [6.07, 6.45) is 2.02. The van der Waals surface area contributed by atoms with E-state index in [9.17, 15) is 32.7 Å². The lowest BCUT2D eigenvalue weighted by atomic mass is 9.69. The third kappa shape index (κ3) is 5.22. The molecule has 4 aliphatic carbocycles. The Morgan fingerprint density at radius 3 is 2.40 bits per heavy atom. The molecule has 1 aromatic heterocycles. The summed E-state index contributed by atoms with van der Waals surface area (Å²) < 4.78 is 50.4. The van der Waals surface area contributed by atoms with Gasteiger partial charge in [-0.25, -0.2) is 4.68 Å². The highest BCUT2D eigenvalue weighted by atomic mass is 35.5. The van der Waals surface area contributed by atoms with Crippen LogP contribution in [-0.4, -0.2) is 74.4 Å². The number of carboxylic acids is 1. The average Bonchev–Trinajstić information content (AvgIpc) is 3.50. The Hall–Kier alpha value is -2.14. The molecule has 1 aromatic rings. The molecule has 5 fully saturated rings. The predicted molar refractivity (Wildman–Crippen MR) is 158 cm³/mol. The van der Waals surface area contributed by atoms with Gasteiger partial charge in [0, 0.05) is 30.2 Å². The minimum absolute atomic E-state index is 0.0132. The zero-order valence-corrected chi connectivity index (χ0v) is 26.5. The van der Waals surface area contributed by atoms with Gasteiger partial charge in [0.05, 0.1) is 41.7 Å². The summed E-state index contributed by atoms with van der Waals surface area (Å²) in [5.41, 5.74) is 0.181. The lowest BCUT2D eigenvalue weighted by Crippen LogP contribution is -2.64. The van der Waals surface area contributed by atoms with E-state index in [4.69, 9.17) is 21.4 Å². The monoisotopic (exact) mass is 653 g/mol. The second kappa shape index (κ2) is 11.2. The SMILES string of the molecule is CC1CC(c2nn(C(=O)C3C(Cl)CCCC3C3(C(F)(F)F)CC3)c3c2CCC(C(=O)N2CC4(CCCO4)C2)C3)CCC1C(=O)O. The number of carbonyl (C=O) groups excluding carboxylic acids is 2. The number of hydrogen-bond acceptors (Lipinski definition) is 5. The van der Waals surface area contributed by atoms with Crippen molar-refractivity contribution in [2.45, 2.75) is 113 Å². The zero-order chi connectivity index (χ0) is 31.9. The maximum Gasteiger partial charge on any atom is 0.394 e. The number of aliphatic carboxylic acids is 1. The number of rotatable bonds is 5. The normalized spacial score (nSPS) is 35.5. The van der Waals surface area contributed by atoms with E-state index in [1.807, 2.05) is 11.8 Å². The third-order valence-electron chi connectivity index (χ3n) is 12.4. The van der Waals surface area contributed by atoms with Gasteiger partial charge in [-0.1, -0.05) is 13.3 Å². The lowest BCUT2D eigenvalue weighted by Gasteiger charge is -2.48. The van der Waals surface area contributed by atoms with Crippen molar-refractivity contribution in [3.8, 4) is 0 Å². The van der Waals surface area contributed by atoms with Crippen molar-refractivity contribution < 1.29 is 37.4 Å². The van der Waals surface area contributed by atoms with E-state index in [2.05, 4.69) is 0 Å². The molecule has 2 aliphatic heterocycles. The van der Waals surface area contributed by atoms with Crippen molar-refractivity contribution in [3.63, 3.8) is 0 Å². The summed E-state index contributed by atoms with van der Waals surface area (Å²) in [7, 11) is 0. The Balaban J connectivity index is 1.21. The number of carboxylic acid groups (broad SMARTS) is 1. The van der Waals surface area contributed by atoms with Crippen molar-refractivity contribution in [1.29, 1.82) is 0 Å². The summed E-state index contributed by atoms with van der Waals surface area (Å²) in [5.74, 6) is -4.12. The number of nitrogens with zero attached hydrogens (tertiary/aromatic N) is 3. The molecule has 248 valence electrons. The Kier molecular flexibility index (Phi) is 7.86. The van der Waals surface area contributed by atoms with Crippen molar-refractivity contribution in [1.82, 2.24) is 14.7 Å². The third-order valence-corrected chi connectivity index (χ3v) is 12.8. The molecule has 3 heterocycles. The molecule has 3 saturated carbocycles. The summed E-state index contributed by atoms with van der Waals surface area (Å²) in [6, 6.07) is 0. The largest absolute Gasteiger partial charge is 0.481 e. The molecule has 7 atom stereocenters. The standard InChI is InChI=1S/C33H43ClF3N3O5/c1-18-14-19(6-8-21(18)30(43)44)27-22-9-7-20(28(41)39-16-31(17-39)10-3-13-45-31)15-25(22)40(38-27)29(42)26-23(4-2-5-24(26)34)32(11-12-32)33(35,36)37/h18-21,23-24,26H,2-17H2,1H3,(H,43,44). The zero-order valence-electron chi connectivity index (χ0n) is 25.8. The molecule has 1 spiro atoms. The molecule has 7 rings (SSSR count). The summed E-state index contributed by atoms with van der Waals surface area (Å²) in [5, 5.41) is 13.8.